The molecule has 2 amide bonds. The first kappa shape index (κ1) is 19.3. The Labute approximate surface area is 172 Å². The number of carbonyl (C=O) groups is 2. The van der Waals surface area contributed by atoms with Gasteiger partial charge in [-0.05, 0) is 48.7 Å². The summed E-state index contributed by atoms with van der Waals surface area (Å²) in [7, 11) is 0. The molecule has 0 saturated heterocycles. The van der Waals surface area contributed by atoms with Crippen LogP contribution in [0.4, 0.5) is 10.1 Å². The van der Waals surface area contributed by atoms with Crippen LogP contribution in [0, 0.1) is 5.82 Å². The van der Waals surface area contributed by atoms with Crippen LogP contribution in [0.15, 0.2) is 53.9 Å². The summed E-state index contributed by atoms with van der Waals surface area (Å²) in [6, 6.07) is 13.9. The van der Waals surface area contributed by atoms with E-state index in [1.807, 2.05) is 29.6 Å². The molecule has 2 heterocycles. The molecule has 1 aliphatic heterocycles. The van der Waals surface area contributed by atoms with Gasteiger partial charge in [-0.25, -0.2) is 9.37 Å². The summed E-state index contributed by atoms with van der Waals surface area (Å²) in [4.78, 5) is 31.0. The number of anilines is 1. The van der Waals surface area contributed by atoms with Crippen LogP contribution in [-0.4, -0.2) is 29.9 Å². The molecule has 1 aromatic heterocycles. The van der Waals surface area contributed by atoms with Gasteiger partial charge in [0.2, 0.25) is 0 Å². The van der Waals surface area contributed by atoms with Crippen molar-refractivity contribution in [1.29, 1.82) is 0 Å². The number of benzene rings is 2. The molecule has 0 spiro atoms. The van der Waals surface area contributed by atoms with E-state index >= 15 is 0 Å². The number of hydrogen-bond acceptors (Lipinski definition) is 4. The van der Waals surface area contributed by atoms with Gasteiger partial charge in [-0.2, -0.15) is 0 Å². The summed E-state index contributed by atoms with van der Waals surface area (Å²) in [5.41, 5.74) is 3.59. The van der Waals surface area contributed by atoms with E-state index in [1.54, 1.807) is 17.0 Å². The highest BCUT2D eigenvalue weighted by Gasteiger charge is 2.26. The second-order valence-corrected chi connectivity index (χ2v) is 7.70. The van der Waals surface area contributed by atoms with Crippen molar-refractivity contribution in [2.24, 2.45) is 0 Å². The van der Waals surface area contributed by atoms with E-state index in [4.69, 9.17) is 0 Å². The largest absolute Gasteiger partial charge is 0.347 e. The molecule has 2 aromatic carbocycles. The zero-order valence-corrected chi connectivity index (χ0v) is 16.5. The van der Waals surface area contributed by atoms with Gasteiger partial charge in [0.05, 0.1) is 5.69 Å². The summed E-state index contributed by atoms with van der Waals surface area (Å²) in [6.45, 7) is 0.878. The second-order valence-electron chi connectivity index (χ2n) is 6.85. The van der Waals surface area contributed by atoms with Crippen LogP contribution < -0.4 is 10.2 Å². The summed E-state index contributed by atoms with van der Waals surface area (Å²) >= 11 is 1.47. The summed E-state index contributed by atoms with van der Waals surface area (Å²) in [5.74, 6) is -1.41. The van der Waals surface area contributed by atoms with Crippen LogP contribution in [0.2, 0.25) is 0 Å². The zero-order chi connectivity index (χ0) is 20.2. The predicted octanol–water partition coefficient (Wildman–Crippen LogP) is 3.59. The number of amides is 2. The Balaban J connectivity index is 1.33. The van der Waals surface area contributed by atoms with Crippen molar-refractivity contribution in [1.82, 2.24) is 10.3 Å². The highest BCUT2D eigenvalue weighted by atomic mass is 32.1. The van der Waals surface area contributed by atoms with Crippen molar-refractivity contribution in [2.45, 2.75) is 19.3 Å². The van der Waals surface area contributed by atoms with Gasteiger partial charge in [-0.15, -0.1) is 11.3 Å². The Hall–Kier alpha value is -3.06. The van der Waals surface area contributed by atoms with Crippen molar-refractivity contribution in [3.05, 3.63) is 71.0 Å². The topological polar surface area (TPSA) is 62.3 Å². The van der Waals surface area contributed by atoms with E-state index in [0.717, 1.165) is 40.4 Å². The maximum Gasteiger partial charge on any atom is 0.316 e. The number of fused-ring (bicyclic) bond motifs is 1. The average Bonchev–Trinajstić information content (AvgIpc) is 3.22. The molecular weight excluding hydrogens is 389 g/mol. The number of nitrogens with one attached hydrogen (secondary N) is 1. The molecule has 5 nitrogen and oxygen atoms in total. The van der Waals surface area contributed by atoms with Crippen LogP contribution in [0.25, 0.3) is 10.6 Å². The van der Waals surface area contributed by atoms with Crippen LogP contribution in [0.5, 0.6) is 0 Å². The lowest BCUT2D eigenvalue weighted by Crippen LogP contribution is -2.45. The van der Waals surface area contributed by atoms with Crippen molar-refractivity contribution in [3.8, 4) is 10.6 Å². The quantitative estimate of drug-likeness (QED) is 0.670. The van der Waals surface area contributed by atoms with Gasteiger partial charge in [0, 0.05) is 36.1 Å². The normalized spacial score (nSPS) is 13.1. The minimum atomic E-state index is -0.601. The Morgan fingerprint density at radius 3 is 2.76 bits per heavy atom. The summed E-state index contributed by atoms with van der Waals surface area (Å²) < 4.78 is 13.0. The third kappa shape index (κ3) is 4.35. The Morgan fingerprint density at radius 1 is 1.14 bits per heavy atom. The molecule has 0 fully saturated rings. The monoisotopic (exact) mass is 409 g/mol. The van der Waals surface area contributed by atoms with Gasteiger partial charge in [0.15, 0.2) is 0 Å². The lowest BCUT2D eigenvalue weighted by atomic mass is 10.0. The van der Waals surface area contributed by atoms with Gasteiger partial charge in [0.25, 0.3) is 0 Å². The molecular formula is C22H20FN3O2S. The lowest BCUT2D eigenvalue weighted by Gasteiger charge is -2.28. The van der Waals surface area contributed by atoms with Crippen molar-refractivity contribution < 1.29 is 14.0 Å². The average molecular weight is 409 g/mol. The van der Waals surface area contributed by atoms with E-state index in [1.165, 1.54) is 23.5 Å². The maximum atomic E-state index is 13.0. The first-order chi connectivity index (χ1) is 14.1. The fourth-order valence-corrected chi connectivity index (χ4v) is 4.25. The number of nitrogens with zero attached hydrogens (tertiary/aromatic N) is 2. The summed E-state index contributed by atoms with van der Waals surface area (Å²) in [6.07, 6.45) is 2.29. The molecule has 0 atom stereocenters. The van der Waals surface area contributed by atoms with Gasteiger partial charge in [-0.1, -0.05) is 18.2 Å². The van der Waals surface area contributed by atoms with Crippen molar-refractivity contribution >= 4 is 28.8 Å². The number of para-hydroxylation sites is 1. The first-order valence-corrected chi connectivity index (χ1v) is 10.4. The lowest BCUT2D eigenvalue weighted by molar-refractivity contribution is -0.137. The Morgan fingerprint density at radius 2 is 1.93 bits per heavy atom. The molecule has 0 unspecified atom stereocenters. The van der Waals surface area contributed by atoms with Crippen LogP contribution in [-0.2, 0) is 22.4 Å². The van der Waals surface area contributed by atoms with Gasteiger partial charge >= 0.3 is 11.8 Å². The van der Waals surface area contributed by atoms with Crippen LogP contribution in [0.1, 0.15) is 17.7 Å². The summed E-state index contributed by atoms with van der Waals surface area (Å²) in [5, 5.41) is 5.41. The SMILES string of the molecule is O=C(NCCc1csc(-c2ccc(F)cc2)n1)C(=O)N1CCCc2ccccc21. The molecule has 7 heteroatoms. The first-order valence-electron chi connectivity index (χ1n) is 9.50. The smallest absolute Gasteiger partial charge is 0.316 e. The van der Waals surface area contributed by atoms with E-state index < -0.39 is 11.8 Å². The van der Waals surface area contributed by atoms with Gasteiger partial charge < -0.3 is 10.2 Å². The fraction of sp³-hybridized carbons (Fsp3) is 0.227. The number of carbonyl (C=O) groups excluding carboxylic acids is 2. The van der Waals surface area contributed by atoms with Crippen LogP contribution in [0.3, 0.4) is 0 Å². The molecule has 1 aliphatic rings. The fourth-order valence-electron chi connectivity index (χ4n) is 3.39. The Bertz CT molecular complexity index is 1030. The maximum absolute atomic E-state index is 13.0. The number of hydrogen-bond donors (Lipinski definition) is 1. The molecule has 148 valence electrons. The third-order valence-corrected chi connectivity index (χ3v) is 5.80. The minimum absolute atomic E-state index is 0.283. The molecule has 29 heavy (non-hydrogen) atoms. The number of aromatic nitrogens is 1. The highest BCUT2D eigenvalue weighted by molar-refractivity contribution is 7.13. The minimum Gasteiger partial charge on any atom is -0.347 e. The second kappa shape index (κ2) is 8.53. The van der Waals surface area contributed by atoms with Gasteiger partial charge in [-0.3, -0.25) is 9.59 Å². The molecule has 4 rings (SSSR count). The van der Waals surface area contributed by atoms with E-state index in [0.29, 0.717) is 19.5 Å². The number of thiazole rings is 1. The molecule has 0 aliphatic carbocycles. The molecule has 0 bridgehead atoms. The zero-order valence-electron chi connectivity index (χ0n) is 15.7. The standard InChI is InChI=1S/C22H20FN3O2S/c23-17-9-7-16(8-10-17)21-25-18(14-29-21)11-12-24-20(27)22(28)26-13-3-5-15-4-1-2-6-19(15)26/h1-2,4,6-10,14H,3,5,11-13H2,(H,24,27). The van der Waals surface area contributed by atoms with Crippen molar-refractivity contribution in [3.63, 3.8) is 0 Å². The molecule has 3 aromatic rings. The predicted molar refractivity (Wildman–Crippen MR) is 111 cm³/mol. The van der Waals surface area contributed by atoms with E-state index in [-0.39, 0.29) is 5.82 Å². The number of halogens is 1. The van der Waals surface area contributed by atoms with Crippen molar-refractivity contribution in [2.75, 3.05) is 18.0 Å². The third-order valence-electron chi connectivity index (χ3n) is 4.86. The molecule has 0 radical (unpaired) electrons. The molecule has 0 saturated carbocycles. The number of rotatable bonds is 4. The highest BCUT2D eigenvalue weighted by Crippen LogP contribution is 2.27. The molecule has 1 N–H and O–H groups in total. The van der Waals surface area contributed by atoms with E-state index in [9.17, 15) is 14.0 Å². The van der Waals surface area contributed by atoms with E-state index in [2.05, 4.69) is 10.3 Å². The Kier molecular flexibility index (Phi) is 5.67. The van der Waals surface area contributed by atoms with Crippen LogP contribution >= 0.6 is 11.3 Å². The van der Waals surface area contributed by atoms with Gasteiger partial charge in [0.1, 0.15) is 10.8 Å². The number of aryl methyl sites for hydroxylation is 1.